The fourth-order valence-corrected chi connectivity index (χ4v) is 1.38. The molecule has 0 spiro atoms. The summed E-state index contributed by atoms with van der Waals surface area (Å²) in [6.07, 6.45) is -5.28. The molecule has 0 radical (unpaired) electrons. The molecule has 1 unspecified atom stereocenters. The molecule has 148 valence electrons. The van der Waals surface area contributed by atoms with Gasteiger partial charge in [-0.1, -0.05) is 0 Å². The molecule has 0 aliphatic carbocycles. The predicted molar refractivity (Wildman–Crippen MR) is 61.0 cm³/mol. The zero-order valence-corrected chi connectivity index (χ0v) is 27.7. The second kappa shape index (κ2) is 23.5. The summed E-state index contributed by atoms with van der Waals surface area (Å²) in [7, 11) is 0. The molecule has 0 bridgehead atoms. The van der Waals surface area contributed by atoms with Crippen molar-refractivity contribution < 1.29 is 217 Å². The normalized spacial score (nSPS) is 10.6. The maximum Gasteiger partial charge on any atom is 1.00 e. The monoisotopic (exact) mass is 494 g/mol. The Kier molecular flexibility index (Phi) is 37.7. The quantitative estimate of drug-likeness (QED) is 0.238. The van der Waals surface area contributed by atoms with E-state index in [0.29, 0.717) is 0 Å². The second-order valence-corrected chi connectivity index (χ2v) is 4.85. The zero-order valence-electron chi connectivity index (χ0n) is 17.7. The Labute approximate surface area is 285 Å². The molecular formula is C12H11Na5O14. The Morgan fingerprint density at radius 3 is 0.839 bits per heavy atom. The molecule has 0 aromatic heterocycles. The molecule has 0 rings (SSSR count). The van der Waals surface area contributed by atoms with Crippen molar-refractivity contribution in [3.05, 3.63) is 0 Å². The first-order chi connectivity index (χ1) is 11.6. The van der Waals surface area contributed by atoms with Gasteiger partial charge in [0.25, 0.3) is 0 Å². The third-order valence-electron chi connectivity index (χ3n) is 2.51. The van der Waals surface area contributed by atoms with Crippen LogP contribution in [0.5, 0.6) is 0 Å². The van der Waals surface area contributed by atoms with Crippen LogP contribution in [-0.2, 0) is 28.8 Å². The van der Waals surface area contributed by atoms with Crippen LogP contribution in [0, 0.1) is 0 Å². The Morgan fingerprint density at radius 1 is 0.516 bits per heavy atom. The van der Waals surface area contributed by atoms with Crippen molar-refractivity contribution in [3.8, 4) is 0 Å². The summed E-state index contributed by atoms with van der Waals surface area (Å²) in [5, 5.41) is 76.2. The maximum atomic E-state index is 10.2. The van der Waals surface area contributed by atoms with Crippen LogP contribution in [0.25, 0.3) is 0 Å². The van der Waals surface area contributed by atoms with Gasteiger partial charge in [-0.3, -0.25) is 4.79 Å². The van der Waals surface area contributed by atoms with Gasteiger partial charge < -0.3 is 64.8 Å². The molecule has 0 aromatic rings. The second-order valence-electron chi connectivity index (χ2n) is 4.85. The molecule has 0 aliphatic heterocycles. The van der Waals surface area contributed by atoms with E-state index >= 15 is 0 Å². The van der Waals surface area contributed by atoms with Crippen LogP contribution in [0.2, 0.25) is 0 Å². The molecule has 0 amide bonds. The van der Waals surface area contributed by atoms with Gasteiger partial charge in [0, 0.05) is 37.2 Å². The summed E-state index contributed by atoms with van der Waals surface area (Å²) in [4.78, 5) is 60.2. The van der Waals surface area contributed by atoms with E-state index in [2.05, 4.69) is 0 Å². The number of carboxylic acid groups (broad SMARTS) is 6. The first kappa shape index (κ1) is 49.8. The fraction of sp³-hybridized carbons (Fsp3) is 0.500. The summed E-state index contributed by atoms with van der Waals surface area (Å²) in [6, 6.07) is 0. The molecule has 0 aromatic carbocycles. The Bertz CT molecular complexity index is 526. The van der Waals surface area contributed by atoms with Gasteiger partial charge in [0.1, 0.15) is 11.2 Å². The minimum atomic E-state index is -2.97. The molecule has 19 heteroatoms. The molecule has 0 fully saturated rings. The van der Waals surface area contributed by atoms with Crippen LogP contribution in [0.1, 0.15) is 25.7 Å². The first-order valence-corrected chi connectivity index (χ1v) is 6.24. The smallest absolute Gasteiger partial charge is 0.550 e. The number of carbonyl (C=O) groups excluding carboxylic acids is 5. The average Bonchev–Trinajstić information content (AvgIpc) is 2.34. The van der Waals surface area contributed by atoms with Gasteiger partial charge in [-0.15, -0.1) is 0 Å². The third-order valence-corrected chi connectivity index (χ3v) is 2.51. The van der Waals surface area contributed by atoms with Crippen molar-refractivity contribution in [2.45, 2.75) is 36.9 Å². The van der Waals surface area contributed by atoms with Gasteiger partial charge in [0.15, 0.2) is 0 Å². The average molecular weight is 494 g/mol. The molecule has 0 heterocycles. The van der Waals surface area contributed by atoms with E-state index in [1.807, 2.05) is 0 Å². The van der Waals surface area contributed by atoms with Gasteiger partial charge >= 0.3 is 154 Å². The molecule has 0 saturated heterocycles. The number of aliphatic hydroxyl groups is 2. The van der Waals surface area contributed by atoms with Crippen molar-refractivity contribution in [1.29, 1.82) is 0 Å². The van der Waals surface area contributed by atoms with Gasteiger partial charge in [-0.2, -0.15) is 0 Å². The summed E-state index contributed by atoms with van der Waals surface area (Å²) in [6.45, 7) is 0. The van der Waals surface area contributed by atoms with E-state index in [4.69, 9.17) is 15.3 Å². The van der Waals surface area contributed by atoms with Crippen molar-refractivity contribution in [2.24, 2.45) is 0 Å². The van der Waals surface area contributed by atoms with Crippen LogP contribution in [0.4, 0.5) is 0 Å². The number of carbonyl (C=O) groups is 6. The summed E-state index contributed by atoms with van der Waals surface area (Å²) in [5.41, 5.74) is -5.89. The Morgan fingerprint density at radius 2 is 0.710 bits per heavy atom. The van der Waals surface area contributed by atoms with Gasteiger partial charge in [0.05, 0.1) is 18.4 Å². The van der Waals surface area contributed by atoms with Crippen LogP contribution in [-0.4, -0.2) is 62.3 Å². The summed E-state index contributed by atoms with van der Waals surface area (Å²) >= 11 is 0. The molecule has 31 heavy (non-hydrogen) atoms. The van der Waals surface area contributed by atoms with Crippen LogP contribution >= 0.6 is 0 Å². The van der Waals surface area contributed by atoms with Crippen LogP contribution in [0.3, 0.4) is 0 Å². The van der Waals surface area contributed by atoms with E-state index in [9.17, 15) is 54.3 Å². The number of carboxylic acids is 6. The number of aliphatic carboxylic acids is 6. The van der Waals surface area contributed by atoms with Gasteiger partial charge in [-0.05, 0) is 0 Å². The summed E-state index contributed by atoms with van der Waals surface area (Å²) in [5.74, 6) is -11.7. The Balaban J connectivity index is -0.0000000640. The van der Waals surface area contributed by atoms with Crippen LogP contribution < -0.4 is 173 Å². The topological polar surface area (TPSA) is 278 Å². The van der Waals surface area contributed by atoms with Crippen LogP contribution in [0.15, 0.2) is 0 Å². The fourth-order valence-electron chi connectivity index (χ4n) is 1.38. The van der Waals surface area contributed by atoms with Crippen molar-refractivity contribution in [1.82, 2.24) is 0 Å². The molecule has 3 N–H and O–H groups in total. The molecule has 1 atom stereocenters. The number of hydrogen-bond donors (Lipinski definition) is 3. The SMILES string of the molecule is O=C([O-])CC(O)(CC(=O)O)C(=O)[O-].O=C([O-])CC(O)(CC(=O)[O-])C(=O)[O-].[Na+].[Na+].[Na+].[Na+].[Na+]. The van der Waals surface area contributed by atoms with E-state index in [-0.39, 0.29) is 148 Å². The number of hydrogen-bond acceptors (Lipinski definition) is 13. The third kappa shape index (κ3) is 24.7. The van der Waals surface area contributed by atoms with E-state index in [1.54, 1.807) is 0 Å². The molecule has 14 nitrogen and oxygen atoms in total. The largest absolute Gasteiger partial charge is 1.00 e. The molecule has 0 aliphatic rings. The van der Waals surface area contributed by atoms with Gasteiger partial charge in [-0.25, -0.2) is 0 Å². The van der Waals surface area contributed by atoms with E-state index in [1.165, 1.54) is 0 Å². The minimum Gasteiger partial charge on any atom is -0.550 e. The molecule has 0 saturated carbocycles. The maximum absolute atomic E-state index is 10.2. The van der Waals surface area contributed by atoms with E-state index in [0.717, 1.165) is 0 Å². The summed E-state index contributed by atoms with van der Waals surface area (Å²) < 4.78 is 0. The molecular weight excluding hydrogens is 483 g/mol. The van der Waals surface area contributed by atoms with Crippen molar-refractivity contribution in [3.63, 3.8) is 0 Å². The minimum absolute atomic E-state index is 0. The predicted octanol–water partition coefficient (Wildman–Crippen LogP) is -24.2. The zero-order chi connectivity index (χ0) is 21.3. The van der Waals surface area contributed by atoms with Crippen molar-refractivity contribution in [2.75, 3.05) is 0 Å². The van der Waals surface area contributed by atoms with Gasteiger partial charge in [0.2, 0.25) is 0 Å². The first-order valence-electron chi connectivity index (χ1n) is 6.24. The number of rotatable bonds is 10. The standard InChI is InChI=1S/2C6H8O7.5Na/c2*7-3(8)1-6(13,5(11)12)2-4(9)10;;;;;/h2*13H,1-2H2,(H,7,8)(H,9,10)(H,11,12);;;;;/q;;5*+1/p-5. The van der Waals surface area contributed by atoms with E-state index < -0.39 is 72.7 Å². The Hall–Kier alpha value is 1.74. The van der Waals surface area contributed by atoms with Crippen molar-refractivity contribution >= 4 is 35.8 Å².